The van der Waals surface area contributed by atoms with Gasteiger partial charge in [-0.2, -0.15) is 0 Å². The molecule has 3 rings (SSSR count). The molecule has 0 bridgehead atoms. The first-order valence-electron chi connectivity index (χ1n) is 9.27. The third kappa shape index (κ3) is 4.42. The highest BCUT2D eigenvalue weighted by atomic mass is 35.5. The molecule has 0 fully saturated rings. The number of imidazole rings is 1. The normalized spacial score (nSPS) is 11.5. The van der Waals surface area contributed by atoms with Crippen LogP contribution < -0.4 is 4.90 Å². The summed E-state index contributed by atoms with van der Waals surface area (Å²) < 4.78 is 15.0. The van der Waals surface area contributed by atoms with Gasteiger partial charge in [0.05, 0.1) is 11.7 Å². The predicted octanol–water partition coefficient (Wildman–Crippen LogP) is 6.85. The molecule has 0 unspecified atom stereocenters. The van der Waals surface area contributed by atoms with Gasteiger partial charge in [-0.1, -0.05) is 43.1 Å². The Balaban J connectivity index is 2.19. The lowest BCUT2D eigenvalue weighted by atomic mass is 10.1. The number of thioether (sulfide) groups is 1. The van der Waals surface area contributed by atoms with Gasteiger partial charge in [-0.25, -0.2) is 4.98 Å². The van der Waals surface area contributed by atoms with Crippen LogP contribution in [0.3, 0.4) is 0 Å². The minimum absolute atomic E-state index is 0.328. The van der Waals surface area contributed by atoms with Crippen molar-refractivity contribution in [1.82, 2.24) is 9.38 Å². The topological polar surface area (TPSA) is 20.5 Å². The van der Waals surface area contributed by atoms with Crippen molar-refractivity contribution in [1.29, 1.82) is 0 Å². The summed E-state index contributed by atoms with van der Waals surface area (Å²) in [5.74, 6) is 1.46. The minimum Gasteiger partial charge on any atom is -0.355 e. The number of rotatable bonds is 8. The van der Waals surface area contributed by atoms with Crippen LogP contribution in [0.15, 0.2) is 41.6 Å². The van der Waals surface area contributed by atoms with Crippen molar-refractivity contribution >= 4 is 46.4 Å². The van der Waals surface area contributed by atoms with Gasteiger partial charge in [0.15, 0.2) is 0 Å². The van der Waals surface area contributed by atoms with E-state index in [4.69, 9.17) is 28.2 Å². The van der Waals surface area contributed by atoms with E-state index in [-0.39, 0.29) is 6.67 Å². The Hall–Kier alpha value is -1.43. The molecule has 0 atom stereocenters. The smallest absolute Gasteiger partial charge is 0.147 e. The molecule has 0 amide bonds. The Labute approximate surface area is 179 Å². The second kappa shape index (κ2) is 9.38. The van der Waals surface area contributed by atoms with E-state index < -0.39 is 0 Å². The molecule has 0 aliphatic heterocycles. The number of halogens is 3. The molecular weight excluding hydrogens is 416 g/mol. The lowest BCUT2D eigenvalue weighted by molar-refractivity contribution is 0.464. The summed E-state index contributed by atoms with van der Waals surface area (Å²) in [4.78, 5) is 7.15. The van der Waals surface area contributed by atoms with Gasteiger partial charge >= 0.3 is 0 Å². The monoisotopic (exact) mass is 439 g/mol. The van der Waals surface area contributed by atoms with Gasteiger partial charge in [-0.15, -0.1) is 11.8 Å². The number of benzene rings is 1. The van der Waals surface area contributed by atoms with Crippen LogP contribution in [0.5, 0.6) is 0 Å². The largest absolute Gasteiger partial charge is 0.355 e. The summed E-state index contributed by atoms with van der Waals surface area (Å²) in [6, 6.07) is 9.50. The summed E-state index contributed by atoms with van der Waals surface area (Å²) >= 11 is 14.1. The first-order valence-corrected chi connectivity index (χ1v) is 11.3. The average molecular weight is 440 g/mol. The van der Waals surface area contributed by atoms with Gasteiger partial charge < -0.3 is 4.90 Å². The third-order valence-electron chi connectivity index (χ3n) is 4.46. The Morgan fingerprint density at radius 1 is 1.21 bits per heavy atom. The maximum absolute atomic E-state index is 12.9. The van der Waals surface area contributed by atoms with Gasteiger partial charge in [0.2, 0.25) is 0 Å². The first-order chi connectivity index (χ1) is 13.5. The van der Waals surface area contributed by atoms with Crippen molar-refractivity contribution in [3.05, 3.63) is 46.6 Å². The fourth-order valence-corrected chi connectivity index (χ4v) is 4.45. The molecule has 3 nitrogen and oxygen atoms in total. The molecular formula is C21H24Cl2FN3S. The zero-order chi connectivity index (χ0) is 20.3. The van der Waals surface area contributed by atoms with Crippen LogP contribution in [0, 0.1) is 5.92 Å². The zero-order valence-corrected chi connectivity index (χ0v) is 18.6. The van der Waals surface area contributed by atoms with Crippen LogP contribution in [0.2, 0.25) is 10.0 Å². The molecule has 150 valence electrons. The van der Waals surface area contributed by atoms with Crippen LogP contribution in [0.1, 0.15) is 20.3 Å². The van der Waals surface area contributed by atoms with Crippen LogP contribution in [-0.2, 0) is 0 Å². The SMILES string of the molecule is CSc1nc2c(-c3ccc(Cl)cc3Cl)cccn2c1N(CCCF)CC(C)C. The third-order valence-corrected chi connectivity index (χ3v) is 5.66. The summed E-state index contributed by atoms with van der Waals surface area (Å²) in [5, 5.41) is 2.12. The summed E-state index contributed by atoms with van der Waals surface area (Å²) in [6.07, 6.45) is 4.52. The lowest BCUT2D eigenvalue weighted by Crippen LogP contribution is -2.30. The fourth-order valence-electron chi connectivity index (χ4n) is 3.35. The molecule has 0 N–H and O–H groups in total. The minimum atomic E-state index is -0.328. The van der Waals surface area contributed by atoms with E-state index in [0.717, 1.165) is 34.2 Å². The van der Waals surface area contributed by atoms with E-state index in [1.54, 1.807) is 17.8 Å². The van der Waals surface area contributed by atoms with E-state index in [1.165, 1.54) is 0 Å². The molecule has 1 aromatic carbocycles. The number of fused-ring (bicyclic) bond motifs is 1. The van der Waals surface area contributed by atoms with Gasteiger partial charge in [0.25, 0.3) is 0 Å². The molecule has 0 spiro atoms. The standard InChI is InChI=1S/C21H24Cl2FN3S/c1-14(2)13-26(10-5-9-24)21-20(28-3)25-19-17(6-4-11-27(19)21)16-8-7-15(22)12-18(16)23/h4,6-8,11-12,14H,5,9-10,13H2,1-3H3. The Kier molecular flexibility index (Phi) is 7.13. The Morgan fingerprint density at radius 3 is 2.64 bits per heavy atom. The number of pyridine rings is 1. The first kappa shape index (κ1) is 21.3. The number of hydrogen-bond acceptors (Lipinski definition) is 3. The quantitative estimate of drug-likeness (QED) is 0.357. The summed E-state index contributed by atoms with van der Waals surface area (Å²) in [5.41, 5.74) is 2.67. The average Bonchev–Trinajstić information content (AvgIpc) is 3.04. The molecule has 0 radical (unpaired) electrons. The molecule has 0 saturated heterocycles. The van der Waals surface area contributed by atoms with E-state index in [1.807, 2.05) is 36.7 Å². The Morgan fingerprint density at radius 2 is 2.00 bits per heavy atom. The van der Waals surface area contributed by atoms with Crippen LogP contribution in [0.4, 0.5) is 10.2 Å². The van der Waals surface area contributed by atoms with Crippen LogP contribution in [0.25, 0.3) is 16.8 Å². The van der Waals surface area contributed by atoms with E-state index in [9.17, 15) is 4.39 Å². The number of nitrogens with zero attached hydrogens (tertiary/aromatic N) is 3. The molecule has 2 heterocycles. The number of aromatic nitrogens is 2. The van der Waals surface area contributed by atoms with Crippen LogP contribution >= 0.6 is 35.0 Å². The highest BCUT2D eigenvalue weighted by Crippen LogP contribution is 2.37. The van der Waals surface area contributed by atoms with Crippen molar-refractivity contribution in [2.24, 2.45) is 5.92 Å². The zero-order valence-electron chi connectivity index (χ0n) is 16.3. The predicted molar refractivity (Wildman–Crippen MR) is 120 cm³/mol. The van der Waals surface area contributed by atoms with Crippen molar-refractivity contribution in [2.45, 2.75) is 25.3 Å². The van der Waals surface area contributed by atoms with Crippen molar-refractivity contribution in [3.63, 3.8) is 0 Å². The fraction of sp³-hybridized carbons (Fsp3) is 0.381. The van der Waals surface area contributed by atoms with E-state index >= 15 is 0 Å². The molecule has 0 aliphatic carbocycles. The van der Waals surface area contributed by atoms with Gasteiger partial charge in [-0.05, 0) is 42.9 Å². The molecule has 7 heteroatoms. The van der Waals surface area contributed by atoms with Crippen molar-refractivity contribution in [3.8, 4) is 11.1 Å². The second-order valence-electron chi connectivity index (χ2n) is 7.07. The maximum Gasteiger partial charge on any atom is 0.147 e. The summed E-state index contributed by atoms with van der Waals surface area (Å²) in [7, 11) is 0. The van der Waals surface area contributed by atoms with Gasteiger partial charge in [-0.3, -0.25) is 8.79 Å². The highest BCUT2D eigenvalue weighted by Gasteiger charge is 2.21. The molecule has 0 aliphatic rings. The molecule has 0 saturated carbocycles. The number of anilines is 1. The second-order valence-corrected chi connectivity index (χ2v) is 8.71. The highest BCUT2D eigenvalue weighted by molar-refractivity contribution is 7.98. The maximum atomic E-state index is 12.9. The van der Waals surface area contributed by atoms with E-state index in [2.05, 4.69) is 23.1 Å². The molecule has 2 aromatic heterocycles. The van der Waals surface area contributed by atoms with Gasteiger partial charge in [0.1, 0.15) is 16.5 Å². The summed E-state index contributed by atoms with van der Waals surface area (Å²) in [6.45, 7) is 5.51. The van der Waals surface area contributed by atoms with E-state index in [0.29, 0.717) is 28.9 Å². The lowest BCUT2D eigenvalue weighted by Gasteiger charge is -2.26. The number of alkyl halides is 1. The van der Waals surface area contributed by atoms with Crippen LogP contribution in [-0.4, -0.2) is 35.4 Å². The molecule has 28 heavy (non-hydrogen) atoms. The van der Waals surface area contributed by atoms with Gasteiger partial charge in [0, 0.05) is 35.4 Å². The molecule has 3 aromatic rings. The number of hydrogen-bond donors (Lipinski definition) is 0. The Bertz CT molecular complexity index is 958. The van der Waals surface area contributed by atoms with Crippen molar-refractivity contribution in [2.75, 3.05) is 30.9 Å². The van der Waals surface area contributed by atoms with Crippen molar-refractivity contribution < 1.29 is 4.39 Å².